The minimum absolute atomic E-state index is 0.0510. The Labute approximate surface area is 182 Å². The van der Waals surface area contributed by atoms with Crippen molar-refractivity contribution >= 4 is 17.7 Å². The van der Waals surface area contributed by atoms with E-state index >= 15 is 0 Å². The van der Waals surface area contributed by atoms with E-state index in [0.29, 0.717) is 22.8 Å². The average Bonchev–Trinajstić information content (AvgIpc) is 3.08. The Morgan fingerprint density at radius 1 is 1.16 bits per heavy atom. The van der Waals surface area contributed by atoms with E-state index in [1.54, 1.807) is 25.1 Å². The lowest BCUT2D eigenvalue weighted by molar-refractivity contribution is -0.137. The molecule has 2 aromatic carbocycles. The number of hydrogen-bond acceptors (Lipinski definition) is 5. The number of aromatic nitrogens is 1. The van der Waals surface area contributed by atoms with Gasteiger partial charge in [-0.15, -0.1) is 0 Å². The lowest BCUT2D eigenvalue weighted by atomic mass is 10.1. The first-order chi connectivity index (χ1) is 15.2. The minimum Gasteiger partial charge on any atom is -0.493 e. The molecule has 32 heavy (non-hydrogen) atoms. The molecule has 0 bridgehead atoms. The highest BCUT2D eigenvalue weighted by Gasteiger charge is 2.30. The van der Waals surface area contributed by atoms with Crippen LogP contribution in [0.5, 0.6) is 11.5 Å². The highest BCUT2D eigenvalue weighted by molar-refractivity contribution is 6.02. The third-order valence-electron chi connectivity index (χ3n) is 4.63. The number of aryl methyl sites for hydroxylation is 2. The van der Waals surface area contributed by atoms with Gasteiger partial charge in [-0.3, -0.25) is 4.79 Å². The average molecular weight is 446 g/mol. The van der Waals surface area contributed by atoms with Crippen molar-refractivity contribution in [2.75, 3.05) is 12.4 Å². The van der Waals surface area contributed by atoms with Crippen LogP contribution in [0.2, 0.25) is 0 Å². The molecule has 0 unspecified atom stereocenters. The molecule has 0 saturated carbocycles. The minimum atomic E-state index is -4.48. The fourth-order valence-electron chi connectivity index (χ4n) is 2.89. The summed E-state index contributed by atoms with van der Waals surface area (Å²) in [6, 6.07) is 9.52. The number of nitrogens with one attached hydrogen (secondary N) is 1. The summed E-state index contributed by atoms with van der Waals surface area (Å²) >= 11 is 0. The second kappa shape index (κ2) is 9.59. The summed E-state index contributed by atoms with van der Waals surface area (Å²) in [6.45, 7) is 3.88. The van der Waals surface area contributed by atoms with Crippen LogP contribution in [0.4, 0.5) is 18.9 Å². The highest BCUT2D eigenvalue weighted by Crippen LogP contribution is 2.31. The summed E-state index contributed by atoms with van der Waals surface area (Å²) in [6.07, 6.45) is -1.74. The normalized spacial score (nSPS) is 11.6. The molecule has 0 saturated heterocycles. The molecule has 6 nitrogen and oxygen atoms in total. The fraction of sp³-hybridized carbons (Fsp3) is 0.217. The van der Waals surface area contributed by atoms with Gasteiger partial charge in [0, 0.05) is 11.8 Å². The van der Waals surface area contributed by atoms with Crippen LogP contribution in [0.15, 0.2) is 53.1 Å². The van der Waals surface area contributed by atoms with Crippen molar-refractivity contribution in [2.45, 2.75) is 26.6 Å². The van der Waals surface area contributed by atoms with Gasteiger partial charge in [0.25, 0.3) is 0 Å². The molecule has 9 heteroatoms. The molecule has 1 aromatic heterocycles. The first-order valence-electron chi connectivity index (χ1n) is 9.56. The monoisotopic (exact) mass is 446 g/mol. The van der Waals surface area contributed by atoms with Crippen LogP contribution in [0.3, 0.4) is 0 Å². The summed E-state index contributed by atoms with van der Waals surface area (Å²) in [5, 5.41) is 6.30. The zero-order valence-corrected chi connectivity index (χ0v) is 17.6. The highest BCUT2D eigenvalue weighted by atomic mass is 19.4. The Morgan fingerprint density at radius 3 is 2.59 bits per heavy atom. The molecule has 0 aliphatic carbocycles. The van der Waals surface area contributed by atoms with Gasteiger partial charge < -0.3 is 19.3 Å². The molecule has 3 rings (SSSR count). The zero-order valence-electron chi connectivity index (χ0n) is 17.6. The van der Waals surface area contributed by atoms with Crippen LogP contribution < -0.4 is 14.8 Å². The summed E-state index contributed by atoms with van der Waals surface area (Å²) in [7, 11) is 1.49. The maximum atomic E-state index is 12.8. The Balaban J connectivity index is 1.66. The molecule has 168 valence electrons. The largest absolute Gasteiger partial charge is 0.493 e. The topological polar surface area (TPSA) is 73.6 Å². The smallest absolute Gasteiger partial charge is 0.416 e. The molecule has 0 fully saturated rings. The standard InChI is InChI=1S/C23H21F3N2O4/c1-14-19(15(2)32-28-14)13-31-20-9-7-16(11-21(20)30-3)8-10-22(29)27-18-6-4-5-17(12-18)23(24,25)26/h4-12H,13H2,1-3H3,(H,27,29). The molecule has 0 spiro atoms. The number of benzene rings is 2. The van der Waals surface area contributed by atoms with Crippen molar-refractivity contribution in [3.63, 3.8) is 0 Å². The molecular formula is C23H21F3N2O4. The molecule has 0 radical (unpaired) electrons. The predicted molar refractivity (Wildman–Crippen MR) is 112 cm³/mol. The number of amides is 1. The van der Waals surface area contributed by atoms with E-state index in [0.717, 1.165) is 23.4 Å². The lowest BCUT2D eigenvalue weighted by Gasteiger charge is -2.11. The second-order valence-electron chi connectivity index (χ2n) is 6.90. The van der Waals surface area contributed by atoms with Crippen LogP contribution in [-0.2, 0) is 17.6 Å². The van der Waals surface area contributed by atoms with Crippen molar-refractivity contribution < 1.29 is 32.0 Å². The van der Waals surface area contributed by atoms with E-state index in [1.165, 1.54) is 31.4 Å². The molecule has 0 aliphatic heterocycles. The van der Waals surface area contributed by atoms with E-state index in [1.807, 2.05) is 6.92 Å². The number of rotatable bonds is 7. The molecule has 0 atom stereocenters. The summed E-state index contributed by atoms with van der Waals surface area (Å²) in [5.41, 5.74) is 1.45. The van der Waals surface area contributed by atoms with Crippen molar-refractivity contribution in [1.82, 2.24) is 5.16 Å². The Kier molecular flexibility index (Phi) is 6.87. The molecular weight excluding hydrogens is 425 g/mol. The fourth-order valence-corrected chi connectivity index (χ4v) is 2.89. The van der Waals surface area contributed by atoms with Gasteiger partial charge in [0.2, 0.25) is 5.91 Å². The van der Waals surface area contributed by atoms with E-state index < -0.39 is 17.6 Å². The number of ether oxygens (including phenoxy) is 2. The van der Waals surface area contributed by atoms with Gasteiger partial charge in [0.1, 0.15) is 12.4 Å². The van der Waals surface area contributed by atoms with Gasteiger partial charge in [0.05, 0.1) is 23.9 Å². The van der Waals surface area contributed by atoms with E-state index in [4.69, 9.17) is 14.0 Å². The van der Waals surface area contributed by atoms with Crippen LogP contribution in [0, 0.1) is 13.8 Å². The first kappa shape index (κ1) is 22.9. The Bertz CT molecular complexity index is 1120. The maximum absolute atomic E-state index is 12.8. The molecule has 0 aliphatic rings. The van der Waals surface area contributed by atoms with Gasteiger partial charge in [-0.05, 0) is 55.8 Å². The van der Waals surface area contributed by atoms with Gasteiger partial charge in [-0.1, -0.05) is 17.3 Å². The predicted octanol–water partition coefficient (Wildman–Crippen LogP) is 5.55. The number of carbonyl (C=O) groups excluding carboxylic acids is 1. The molecule has 1 amide bonds. The number of halogens is 3. The third-order valence-corrected chi connectivity index (χ3v) is 4.63. The van der Waals surface area contributed by atoms with Crippen LogP contribution >= 0.6 is 0 Å². The third kappa shape index (κ3) is 5.69. The molecule has 1 heterocycles. The number of methoxy groups -OCH3 is 1. The number of carbonyl (C=O) groups is 1. The van der Waals surface area contributed by atoms with Crippen LogP contribution in [0.25, 0.3) is 6.08 Å². The van der Waals surface area contributed by atoms with Gasteiger partial charge >= 0.3 is 6.18 Å². The molecule has 1 N–H and O–H groups in total. The van der Waals surface area contributed by atoms with Crippen molar-refractivity contribution in [3.8, 4) is 11.5 Å². The number of anilines is 1. The van der Waals surface area contributed by atoms with E-state index in [-0.39, 0.29) is 12.3 Å². The lowest BCUT2D eigenvalue weighted by Crippen LogP contribution is -2.10. The maximum Gasteiger partial charge on any atom is 0.416 e. The number of hydrogen-bond donors (Lipinski definition) is 1. The molecule has 3 aromatic rings. The van der Waals surface area contributed by atoms with E-state index in [2.05, 4.69) is 10.5 Å². The Hall–Kier alpha value is -3.75. The van der Waals surface area contributed by atoms with Gasteiger partial charge in [-0.2, -0.15) is 13.2 Å². The second-order valence-corrected chi connectivity index (χ2v) is 6.90. The summed E-state index contributed by atoms with van der Waals surface area (Å²) in [4.78, 5) is 12.1. The summed E-state index contributed by atoms with van der Waals surface area (Å²) < 4.78 is 54.7. The quantitative estimate of drug-likeness (QED) is 0.482. The number of alkyl halides is 3. The SMILES string of the molecule is COc1cc(C=CC(=O)Nc2cccc(C(F)(F)F)c2)ccc1OCc1c(C)noc1C. The van der Waals surface area contributed by atoms with Gasteiger partial charge in [-0.25, -0.2) is 0 Å². The van der Waals surface area contributed by atoms with Crippen molar-refractivity contribution in [3.05, 3.63) is 76.7 Å². The van der Waals surface area contributed by atoms with Gasteiger partial charge in [0.15, 0.2) is 11.5 Å². The summed E-state index contributed by atoms with van der Waals surface area (Å²) in [5.74, 6) is 1.06. The number of nitrogens with zero attached hydrogens (tertiary/aromatic N) is 1. The van der Waals surface area contributed by atoms with Crippen LogP contribution in [0.1, 0.15) is 28.1 Å². The van der Waals surface area contributed by atoms with Crippen molar-refractivity contribution in [1.29, 1.82) is 0 Å². The van der Waals surface area contributed by atoms with E-state index in [9.17, 15) is 18.0 Å². The Morgan fingerprint density at radius 2 is 1.94 bits per heavy atom. The zero-order chi connectivity index (χ0) is 23.3. The van der Waals surface area contributed by atoms with Crippen molar-refractivity contribution in [2.24, 2.45) is 0 Å². The first-order valence-corrected chi connectivity index (χ1v) is 9.56. The van der Waals surface area contributed by atoms with Crippen LogP contribution in [-0.4, -0.2) is 18.2 Å².